The number of aromatic nitrogens is 2. The molecule has 0 saturated carbocycles. The van der Waals surface area contributed by atoms with E-state index in [2.05, 4.69) is 48.6 Å². The summed E-state index contributed by atoms with van der Waals surface area (Å²) >= 11 is 1.86. The summed E-state index contributed by atoms with van der Waals surface area (Å²) in [5, 5.41) is 3.35. The summed E-state index contributed by atoms with van der Waals surface area (Å²) in [6.45, 7) is 9.48. The Balaban J connectivity index is 2.15. The van der Waals surface area contributed by atoms with E-state index in [1.54, 1.807) is 0 Å². The number of anilines is 1. The van der Waals surface area contributed by atoms with Crippen molar-refractivity contribution in [3.05, 3.63) is 33.8 Å². The predicted octanol–water partition coefficient (Wildman–Crippen LogP) is 3.43. The first kappa shape index (κ1) is 12.2. The molecule has 92 valence electrons. The molecule has 0 amide bonds. The van der Waals surface area contributed by atoms with Crippen LogP contribution < -0.4 is 5.32 Å². The summed E-state index contributed by atoms with van der Waals surface area (Å²) in [4.78, 5) is 7.12. The molecule has 2 aromatic heterocycles. The molecule has 3 nitrogen and oxygen atoms in total. The van der Waals surface area contributed by atoms with Gasteiger partial charge in [0.15, 0.2) is 0 Å². The van der Waals surface area contributed by atoms with Crippen molar-refractivity contribution in [2.75, 3.05) is 5.32 Å². The number of hydrogen-bond donors (Lipinski definition) is 1. The summed E-state index contributed by atoms with van der Waals surface area (Å²) < 4.78 is 2.16. The van der Waals surface area contributed by atoms with Gasteiger partial charge in [0.05, 0.1) is 6.54 Å². The number of hydrogen-bond acceptors (Lipinski definition) is 3. The van der Waals surface area contributed by atoms with Crippen LogP contribution in [0.2, 0.25) is 0 Å². The highest BCUT2D eigenvalue weighted by molar-refractivity contribution is 7.12. The molecular weight excluding hydrogens is 230 g/mol. The van der Waals surface area contributed by atoms with E-state index in [9.17, 15) is 0 Å². The van der Waals surface area contributed by atoms with Crippen LogP contribution in [0.4, 0.5) is 5.95 Å². The zero-order chi connectivity index (χ0) is 12.4. The second-order valence-corrected chi connectivity index (χ2v) is 5.97. The fraction of sp³-hybridized carbons (Fsp3) is 0.462. The second kappa shape index (κ2) is 4.92. The maximum absolute atomic E-state index is 4.34. The van der Waals surface area contributed by atoms with Crippen molar-refractivity contribution >= 4 is 17.3 Å². The number of aryl methyl sites for hydroxylation is 2. The lowest BCUT2D eigenvalue weighted by atomic mass is 10.3. The number of thiophene rings is 1. The van der Waals surface area contributed by atoms with Gasteiger partial charge < -0.3 is 9.88 Å². The molecule has 0 fully saturated rings. The van der Waals surface area contributed by atoms with Crippen LogP contribution in [0.3, 0.4) is 0 Å². The second-order valence-electron chi connectivity index (χ2n) is 4.63. The molecule has 0 aliphatic carbocycles. The molecule has 4 heteroatoms. The van der Waals surface area contributed by atoms with Crippen LogP contribution in [-0.2, 0) is 6.54 Å². The van der Waals surface area contributed by atoms with Crippen LogP contribution in [0, 0.1) is 13.8 Å². The summed E-state index contributed by atoms with van der Waals surface area (Å²) in [5.74, 6) is 0.948. The molecule has 0 aliphatic rings. The lowest BCUT2D eigenvalue weighted by molar-refractivity contribution is 0.782. The van der Waals surface area contributed by atoms with Gasteiger partial charge in [0.1, 0.15) is 0 Å². The normalized spacial score (nSPS) is 11.1. The molecule has 0 spiro atoms. The highest BCUT2D eigenvalue weighted by Gasteiger charge is 2.07. The van der Waals surface area contributed by atoms with Crippen LogP contribution in [0.1, 0.15) is 29.2 Å². The van der Waals surface area contributed by atoms with Gasteiger partial charge in [-0.15, -0.1) is 11.3 Å². The first-order chi connectivity index (χ1) is 8.06. The van der Waals surface area contributed by atoms with Gasteiger partial charge in [-0.2, -0.15) is 0 Å². The third kappa shape index (κ3) is 2.88. The number of imidazole rings is 1. The molecule has 0 saturated heterocycles. The van der Waals surface area contributed by atoms with Gasteiger partial charge in [-0.3, -0.25) is 0 Å². The maximum atomic E-state index is 4.34. The minimum Gasteiger partial charge on any atom is -0.353 e. The third-order valence-corrected chi connectivity index (χ3v) is 3.81. The average Bonchev–Trinajstić information content (AvgIpc) is 2.76. The predicted molar refractivity (Wildman–Crippen MR) is 73.9 cm³/mol. The van der Waals surface area contributed by atoms with Crippen molar-refractivity contribution in [2.45, 2.75) is 40.3 Å². The van der Waals surface area contributed by atoms with E-state index in [1.807, 2.05) is 23.7 Å². The number of nitrogens with zero attached hydrogens (tertiary/aromatic N) is 2. The Bertz CT molecular complexity index is 477. The molecule has 0 aromatic carbocycles. The monoisotopic (exact) mass is 249 g/mol. The van der Waals surface area contributed by atoms with Gasteiger partial charge in [0, 0.05) is 28.2 Å². The zero-order valence-corrected chi connectivity index (χ0v) is 11.6. The summed E-state index contributed by atoms with van der Waals surface area (Å²) in [6, 6.07) is 2.67. The minimum atomic E-state index is 0.406. The van der Waals surface area contributed by atoms with E-state index in [0.717, 1.165) is 12.5 Å². The number of nitrogens with one attached hydrogen (secondary N) is 1. The van der Waals surface area contributed by atoms with Crippen molar-refractivity contribution < 1.29 is 0 Å². The van der Waals surface area contributed by atoms with Crippen molar-refractivity contribution in [2.24, 2.45) is 0 Å². The van der Waals surface area contributed by atoms with Gasteiger partial charge in [0.2, 0.25) is 5.95 Å². The summed E-state index contributed by atoms with van der Waals surface area (Å²) in [7, 11) is 0. The van der Waals surface area contributed by atoms with Gasteiger partial charge >= 0.3 is 0 Å². The van der Waals surface area contributed by atoms with E-state index in [-0.39, 0.29) is 0 Å². The zero-order valence-electron chi connectivity index (χ0n) is 10.8. The molecule has 2 heterocycles. The Labute approximate surface area is 107 Å². The maximum Gasteiger partial charge on any atom is 0.203 e. The third-order valence-electron chi connectivity index (χ3n) is 2.68. The Hall–Kier alpha value is -1.29. The SMILES string of the molecule is Cc1cc(Cn2ccnc2NC(C)C)sc1C. The summed E-state index contributed by atoms with van der Waals surface area (Å²) in [5.41, 5.74) is 1.38. The van der Waals surface area contributed by atoms with Crippen molar-refractivity contribution in [1.82, 2.24) is 9.55 Å². The molecule has 2 aromatic rings. The van der Waals surface area contributed by atoms with E-state index < -0.39 is 0 Å². The van der Waals surface area contributed by atoms with Gasteiger partial charge in [0.25, 0.3) is 0 Å². The van der Waals surface area contributed by atoms with Crippen LogP contribution in [0.25, 0.3) is 0 Å². The minimum absolute atomic E-state index is 0.406. The van der Waals surface area contributed by atoms with E-state index in [1.165, 1.54) is 15.3 Å². The average molecular weight is 249 g/mol. The lowest BCUT2D eigenvalue weighted by Gasteiger charge is -2.11. The molecule has 1 N–H and O–H groups in total. The lowest BCUT2D eigenvalue weighted by Crippen LogP contribution is -2.14. The van der Waals surface area contributed by atoms with Crippen LogP contribution in [0.15, 0.2) is 18.5 Å². The molecule has 17 heavy (non-hydrogen) atoms. The molecule has 2 rings (SSSR count). The Kier molecular flexibility index (Phi) is 3.52. The molecule has 0 unspecified atom stereocenters. The fourth-order valence-corrected chi connectivity index (χ4v) is 2.78. The largest absolute Gasteiger partial charge is 0.353 e. The molecule has 0 aliphatic heterocycles. The molecular formula is C13H19N3S. The van der Waals surface area contributed by atoms with Crippen molar-refractivity contribution in [1.29, 1.82) is 0 Å². The van der Waals surface area contributed by atoms with Gasteiger partial charge in [-0.25, -0.2) is 4.98 Å². The molecule has 0 bridgehead atoms. The van der Waals surface area contributed by atoms with E-state index >= 15 is 0 Å². The summed E-state index contributed by atoms with van der Waals surface area (Å²) in [6.07, 6.45) is 3.87. The van der Waals surface area contributed by atoms with Crippen molar-refractivity contribution in [3.8, 4) is 0 Å². The van der Waals surface area contributed by atoms with Crippen LogP contribution in [0.5, 0.6) is 0 Å². The number of rotatable bonds is 4. The Morgan fingerprint density at radius 2 is 2.18 bits per heavy atom. The molecule has 0 radical (unpaired) electrons. The Morgan fingerprint density at radius 3 is 2.76 bits per heavy atom. The quantitative estimate of drug-likeness (QED) is 0.899. The van der Waals surface area contributed by atoms with Crippen LogP contribution >= 0.6 is 11.3 Å². The first-order valence-corrected chi connectivity index (χ1v) is 6.71. The standard InChI is InChI=1S/C13H19N3S/c1-9(2)15-13-14-5-6-16(13)8-12-7-10(3)11(4)17-12/h5-7,9H,8H2,1-4H3,(H,14,15). The van der Waals surface area contributed by atoms with Gasteiger partial charge in [-0.05, 0) is 39.3 Å². The Morgan fingerprint density at radius 1 is 1.41 bits per heavy atom. The molecule has 0 atom stereocenters. The highest BCUT2D eigenvalue weighted by Crippen LogP contribution is 2.22. The van der Waals surface area contributed by atoms with E-state index in [4.69, 9.17) is 0 Å². The highest BCUT2D eigenvalue weighted by atomic mass is 32.1. The van der Waals surface area contributed by atoms with Gasteiger partial charge in [-0.1, -0.05) is 0 Å². The topological polar surface area (TPSA) is 29.9 Å². The fourth-order valence-electron chi connectivity index (χ4n) is 1.73. The van der Waals surface area contributed by atoms with E-state index in [0.29, 0.717) is 6.04 Å². The van der Waals surface area contributed by atoms with Crippen LogP contribution in [-0.4, -0.2) is 15.6 Å². The smallest absolute Gasteiger partial charge is 0.203 e. The first-order valence-electron chi connectivity index (χ1n) is 5.90. The van der Waals surface area contributed by atoms with Crippen molar-refractivity contribution in [3.63, 3.8) is 0 Å².